The van der Waals surface area contributed by atoms with Gasteiger partial charge in [0, 0.05) is 6.54 Å². The van der Waals surface area contributed by atoms with Crippen LogP contribution in [0.4, 0.5) is 0 Å². The van der Waals surface area contributed by atoms with Gasteiger partial charge in [-0.3, -0.25) is 4.68 Å². The van der Waals surface area contributed by atoms with Crippen LogP contribution in [-0.2, 0) is 27.8 Å². The van der Waals surface area contributed by atoms with Crippen molar-refractivity contribution in [2.24, 2.45) is 0 Å². The van der Waals surface area contributed by atoms with E-state index in [0.717, 1.165) is 0 Å². The number of methoxy groups -OCH3 is 1. The summed E-state index contributed by atoms with van der Waals surface area (Å²) in [5.74, 6) is -0.511. The normalized spacial score (nSPS) is 17.6. The van der Waals surface area contributed by atoms with Crippen LogP contribution < -0.4 is 0 Å². The fourth-order valence-corrected chi connectivity index (χ4v) is 3.71. The molecular formula is C12H19N3O4S. The molecular weight excluding hydrogens is 282 g/mol. The van der Waals surface area contributed by atoms with Gasteiger partial charge in [-0.1, -0.05) is 6.92 Å². The van der Waals surface area contributed by atoms with Gasteiger partial charge in [-0.15, -0.1) is 0 Å². The van der Waals surface area contributed by atoms with Crippen LogP contribution in [0.25, 0.3) is 0 Å². The Bertz CT molecular complexity index is 608. The van der Waals surface area contributed by atoms with Crippen LogP contribution in [0.5, 0.6) is 0 Å². The second kappa shape index (κ2) is 5.53. The molecule has 0 aromatic carbocycles. The highest BCUT2D eigenvalue weighted by Gasteiger charge is 2.31. The quantitative estimate of drug-likeness (QED) is 0.761. The fraction of sp³-hybridized carbons (Fsp3) is 0.667. The molecule has 2 rings (SSSR count). The molecule has 0 bridgehead atoms. The Balaban J connectivity index is 2.23. The SMILES string of the molecule is CC[C@@H](C)S(=O)(=O)N1CCn2nc(C(=O)OC)cc2C1. The molecule has 0 aliphatic carbocycles. The van der Waals surface area contributed by atoms with E-state index in [2.05, 4.69) is 9.84 Å². The third kappa shape index (κ3) is 2.57. The van der Waals surface area contributed by atoms with Gasteiger partial charge in [0.2, 0.25) is 10.0 Å². The first-order valence-corrected chi connectivity index (χ1v) is 8.04. The van der Waals surface area contributed by atoms with Crippen LogP contribution in [0.1, 0.15) is 36.5 Å². The number of rotatable bonds is 4. The molecule has 0 saturated carbocycles. The lowest BCUT2D eigenvalue weighted by Crippen LogP contribution is -2.42. The monoisotopic (exact) mass is 301 g/mol. The van der Waals surface area contributed by atoms with E-state index in [1.165, 1.54) is 11.4 Å². The number of carbonyl (C=O) groups excluding carboxylic acids is 1. The molecule has 1 aliphatic rings. The van der Waals surface area contributed by atoms with Crippen LogP contribution in [0.2, 0.25) is 0 Å². The summed E-state index contributed by atoms with van der Waals surface area (Å²) in [6, 6.07) is 1.59. The van der Waals surface area contributed by atoms with Crippen molar-refractivity contribution in [2.75, 3.05) is 13.7 Å². The molecule has 0 saturated heterocycles. The first kappa shape index (κ1) is 15.0. The molecule has 0 N–H and O–H groups in total. The lowest BCUT2D eigenvalue weighted by atomic mass is 10.3. The van der Waals surface area contributed by atoms with Crippen molar-refractivity contribution in [1.82, 2.24) is 14.1 Å². The Morgan fingerprint density at radius 2 is 2.20 bits per heavy atom. The fourth-order valence-electron chi connectivity index (χ4n) is 2.13. The molecule has 7 nitrogen and oxygen atoms in total. The average Bonchev–Trinajstić information content (AvgIpc) is 2.88. The number of aromatic nitrogens is 2. The first-order chi connectivity index (χ1) is 9.40. The minimum atomic E-state index is -3.30. The predicted molar refractivity (Wildman–Crippen MR) is 72.6 cm³/mol. The topological polar surface area (TPSA) is 81.5 Å². The zero-order valence-corrected chi connectivity index (χ0v) is 12.7. The third-order valence-electron chi connectivity index (χ3n) is 3.60. The minimum absolute atomic E-state index is 0.213. The smallest absolute Gasteiger partial charge is 0.358 e. The number of nitrogens with zero attached hydrogens (tertiary/aromatic N) is 3. The molecule has 8 heteroatoms. The molecule has 0 unspecified atom stereocenters. The third-order valence-corrected chi connectivity index (χ3v) is 5.98. The second-order valence-corrected chi connectivity index (χ2v) is 7.18. The largest absolute Gasteiger partial charge is 0.464 e. The molecule has 0 amide bonds. The van der Waals surface area contributed by atoms with Crippen molar-refractivity contribution in [1.29, 1.82) is 0 Å². The number of carbonyl (C=O) groups is 1. The number of fused-ring (bicyclic) bond motifs is 1. The van der Waals surface area contributed by atoms with E-state index in [1.807, 2.05) is 6.92 Å². The zero-order valence-electron chi connectivity index (χ0n) is 11.9. The van der Waals surface area contributed by atoms with E-state index in [9.17, 15) is 13.2 Å². The van der Waals surface area contributed by atoms with E-state index in [4.69, 9.17) is 0 Å². The molecule has 0 fully saturated rings. The number of esters is 1. The Hall–Kier alpha value is -1.41. The maximum absolute atomic E-state index is 12.3. The van der Waals surface area contributed by atoms with E-state index >= 15 is 0 Å². The molecule has 112 valence electrons. The maximum atomic E-state index is 12.3. The van der Waals surface area contributed by atoms with Gasteiger partial charge < -0.3 is 4.74 Å². The minimum Gasteiger partial charge on any atom is -0.464 e. The number of sulfonamides is 1. The van der Waals surface area contributed by atoms with Crippen molar-refractivity contribution in [3.8, 4) is 0 Å². The summed E-state index contributed by atoms with van der Waals surface area (Å²) in [5, 5.41) is 3.72. The van der Waals surface area contributed by atoms with Gasteiger partial charge in [0.05, 0.1) is 31.1 Å². The van der Waals surface area contributed by atoms with E-state index in [0.29, 0.717) is 25.2 Å². The molecule has 1 aliphatic heterocycles. The van der Waals surface area contributed by atoms with E-state index in [-0.39, 0.29) is 12.2 Å². The van der Waals surface area contributed by atoms with E-state index < -0.39 is 21.2 Å². The number of hydrogen-bond donors (Lipinski definition) is 0. The number of hydrogen-bond acceptors (Lipinski definition) is 5. The summed E-state index contributed by atoms with van der Waals surface area (Å²) in [6.07, 6.45) is 0.575. The standard InChI is InChI=1S/C12H19N3O4S/c1-4-9(2)20(17,18)14-5-6-15-10(8-14)7-11(13-15)12(16)19-3/h7,9H,4-6,8H2,1-3H3/t9-/m1/s1. The molecule has 1 aromatic heterocycles. The first-order valence-electron chi connectivity index (χ1n) is 6.54. The highest BCUT2D eigenvalue weighted by atomic mass is 32.2. The van der Waals surface area contributed by atoms with Gasteiger partial charge in [0.1, 0.15) is 0 Å². The highest BCUT2D eigenvalue weighted by molar-refractivity contribution is 7.89. The Labute approximate surface area is 118 Å². The predicted octanol–water partition coefficient (Wildman–Crippen LogP) is 0.614. The molecule has 1 atom stereocenters. The van der Waals surface area contributed by atoms with Gasteiger partial charge in [0.15, 0.2) is 5.69 Å². The lowest BCUT2D eigenvalue weighted by Gasteiger charge is -2.29. The van der Waals surface area contributed by atoms with Gasteiger partial charge >= 0.3 is 5.97 Å². The van der Waals surface area contributed by atoms with Crippen LogP contribution in [0.15, 0.2) is 6.07 Å². The van der Waals surface area contributed by atoms with Gasteiger partial charge in [-0.05, 0) is 19.4 Å². The van der Waals surface area contributed by atoms with Crippen LogP contribution in [0.3, 0.4) is 0 Å². The molecule has 20 heavy (non-hydrogen) atoms. The molecule has 1 aromatic rings. The summed E-state index contributed by atoms with van der Waals surface area (Å²) >= 11 is 0. The van der Waals surface area contributed by atoms with Crippen molar-refractivity contribution < 1.29 is 17.9 Å². The second-order valence-electron chi connectivity index (χ2n) is 4.83. The van der Waals surface area contributed by atoms with Gasteiger partial charge in [0.25, 0.3) is 0 Å². The summed E-state index contributed by atoms with van der Waals surface area (Å²) < 4.78 is 32.4. The van der Waals surface area contributed by atoms with Gasteiger partial charge in [-0.25, -0.2) is 13.2 Å². The zero-order chi connectivity index (χ0) is 14.9. The van der Waals surface area contributed by atoms with Gasteiger partial charge in [-0.2, -0.15) is 9.40 Å². The Morgan fingerprint density at radius 3 is 2.80 bits per heavy atom. The number of ether oxygens (including phenoxy) is 1. The van der Waals surface area contributed by atoms with Crippen molar-refractivity contribution in [3.05, 3.63) is 17.5 Å². The summed E-state index contributed by atoms with van der Waals surface area (Å²) in [6.45, 7) is 4.63. The summed E-state index contributed by atoms with van der Waals surface area (Å²) in [4.78, 5) is 11.4. The van der Waals surface area contributed by atoms with Crippen LogP contribution in [0, 0.1) is 0 Å². The summed E-state index contributed by atoms with van der Waals surface area (Å²) in [5.41, 5.74) is 0.925. The van der Waals surface area contributed by atoms with Crippen molar-refractivity contribution in [3.63, 3.8) is 0 Å². The van der Waals surface area contributed by atoms with Crippen molar-refractivity contribution in [2.45, 2.75) is 38.6 Å². The lowest BCUT2D eigenvalue weighted by molar-refractivity contribution is 0.0593. The maximum Gasteiger partial charge on any atom is 0.358 e. The van der Waals surface area contributed by atoms with Crippen molar-refractivity contribution >= 4 is 16.0 Å². The van der Waals surface area contributed by atoms with Crippen LogP contribution >= 0.6 is 0 Å². The van der Waals surface area contributed by atoms with Crippen LogP contribution in [-0.4, -0.2) is 47.4 Å². The highest BCUT2D eigenvalue weighted by Crippen LogP contribution is 2.20. The van der Waals surface area contributed by atoms with E-state index in [1.54, 1.807) is 17.7 Å². The summed E-state index contributed by atoms with van der Waals surface area (Å²) in [7, 11) is -2.00. The average molecular weight is 301 g/mol. The Kier molecular flexibility index (Phi) is 4.14. The Morgan fingerprint density at radius 1 is 1.50 bits per heavy atom. The molecule has 0 spiro atoms. The molecule has 0 radical (unpaired) electrons. The molecule has 2 heterocycles.